The number of hydrogen-bond acceptors (Lipinski definition) is 3. The zero-order chi connectivity index (χ0) is 14.7. The second-order valence-corrected chi connectivity index (χ2v) is 5.59. The third kappa shape index (κ3) is 3.05. The maximum Gasteiger partial charge on any atom is 0.222 e. The maximum absolute atomic E-state index is 11.6. The average molecular weight is 302 g/mol. The third-order valence-corrected chi connectivity index (χ3v) is 4.08. The number of aromatic nitrogens is 3. The van der Waals surface area contributed by atoms with Crippen molar-refractivity contribution in [3.8, 4) is 11.4 Å². The fourth-order valence-corrected chi connectivity index (χ4v) is 2.92. The van der Waals surface area contributed by atoms with Crippen LogP contribution in [-0.2, 0) is 11.3 Å². The van der Waals surface area contributed by atoms with Crippen molar-refractivity contribution >= 4 is 18.1 Å². The minimum atomic E-state index is 0.272. The first-order chi connectivity index (χ1) is 10.3. The van der Waals surface area contributed by atoms with Gasteiger partial charge in [-0.05, 0) is 25.1 Å². The number of carbonyl (C=O) groups excluding carboxylic acids is 1. The monoisotopic (exact) mass is 302 g/mol. The number of rotatable bonds is 5. The molecule has 0 atom stereocenters. The molecular weight excluding hydrogens is 284 g/mol. The van der Waals surface area contributed by atoms with E-state index in [1.165, 1.54) is 0 Å². The van der Waals surface area contributed by atoms with Crippen LogP contribution in [0.2, 0.25) is 0 Å². The molecule has 1 aliphatic heterocycles. The number of aromatic amines is 1. The van der Waals surface area contributed by atoms with E-state index in [0.29, 0.717) is 11.2 Å². The first-order valence-electron chi connectivity index (χ1n) is 7.24. The fraction of sp³-hybridized carbons (Fsp3) is 0.400. The summed E-state index contributed by atoms with van der Waals surface area (Å²) in [4.78, 5) is 13.5. The molecule has 3 rings (SSSR count). The minimum absolute atomic E-state index is 0.272. The Hall–Kier alpha value is -1.95. The number of benzene rings is 1. The summed E-state index contributed by atoms with van der Waals surface area (Å²) in [5.41, 5.74) is 1.04. The summed E-state index contributed by atoms with van der Waals surface area (Å²) in [7, 11) is 0. The van der Waals surface area contributed by atoms with Gasteiger partial charge in [0.25, 0.3) is 0 Å². The van der Waals surface area contributed by atoms with Crippen LogP contribution in [0, 0.1) is 4.77 Å². The SMILES string of the molecule is O=C1CCCN1CCCn1c(-c2ccccc2)n[nH]c1=S. The summed E-state index contributed by atoms with van der Waals surface area (Å²) in [6, 6.07) is 9.99. The summed E-state index contributed by atoms with van der Waals surface area (Å²) in [5, 5.41) is 7.17. The van der Waals surface area contributed by atoms with Crippen LogP contribution in [0.1, 0.15) is 19.3 Å². The highest BCUT2D eigenvalue weighted by molar-refractivity contribution is 7.71. The molecule has 1 fully saturated rings. The minimum Gasteiger partial charge on any atom is -0.343 e. The van der Waals surface area contributed by atoms with Gasteiger partial charge in [-0.2, -0.15) is 5.10 Å². The average Bonchev–Trinajstić information content (AvgIpc) is 3.07. The molecule has 0 unspecified atom stereocenters. The zero-order valence-electron chi connectivity index (χ0n) is 11.8. The smallest absolute Gasteiger partial charge is 0.222 e. The summed E-state index contributed by atoms with van der Waals surface area (Å²) in [5.74, 6) is 1.13. The van der Waals surface area contributed by atoms with E-state index in [0.717, 1.165) is 43.9 Å². The predicted octanol–water partition coefficient (Wildman–Crippen LogP) is 2.62. The topological polar surface area (TPSA) is 53.9 Å². The van der Waals surface area contributed by atoms with Crippen molar-refractivity contribution in [2.24, 2.45) is 0 Å². The predicted molar refractivity (Wildman–Crippen MR) is 83.3 cm³/mol. The van der Waals surface area contributed by atoms with Gasteiger partial charge in [0.15, 0.2) is 10.6 Å². The molecule has 0 bridgehead atoms. The van der Waals surface area contributed by atoms with Gasteiger partial charge in [-0.1, -0.05) is 30.3 Å². The highest BCUT2D eigenvalue weighted by Crippen LogP contribution is 2.17. The molecule has 2 heterocycles. The lowest BCUT2D eigenvalue weighted by atomic mass is 10.2. The molecule has 0 saturated carbocycles. The highest BCUT2D eigenvalue weighted by Gasteiger charge is 2.19. The quantitative estimate of drug-likeness (QED) is 0.864. The lowest BCUT2D eigenvalue weighted by Crippen LogP contribution is -2.26. The van der Waals surface area contributed by atoms with Crippen LogP contribution in [0.4, 0.5) is 0 Å². The summed E-state index contributed by atoms with van der Waals surface area (Å²) in [6.45, 7) is 2.45. The normalized spacial score (nSPS) is 14.9. The van der Waals surface area contributed by atoms with Crippen molar-refractivity contribution in [2.75, 3.05) is 13.1 Å². The fourth-order valence-electron chi connectivity index (χ4n) is 2.69. The molecule has 6 heteroatoms. The third-order valence-electron chi connectivity index (χ3n) is 3.77. The second-order valence-electron chi connectivity index (χ2n) is 5.21. The number of nitrogens with zero attached hydrogens (tertiary/aromatic N) is 3. The van der Waals surface area contributed by atoms with E-state index in [-0.39, 0.29) is 5.91 Å². The van der Waals surface area contributed by atoms with Crippen molar-refractivity contribution < 1.29 is 4.79 Å². The number of carbonyl (C=O) groups is 1. The first kappa shape index (κ1) is 14.0. The van der Waals surface area contributed by atoms with E-state index in [9.17, 15) is 4.79 Å². The molecule has 21 heavy (non-hydrogen) atoms. The molecule has 1 aromatic carbocycles. The van der Waals surface area contributed by atoms with Gasteiger partial charge >= 0.3 is 0 Å². The molecule has 5 nitrogen and oxygen atoms in total. The van der Waals surface area contributed by atoms with Gasteiger partial charge in [-0.3, -0.25) is 9.89 Å². The summed E-state index contributed by atoms with van der Waals surface area (Å²) < 4.78 is 2.63. The number of hydrogen-bond donors (Lipinski definition) is 1. The maximum atomic E-state index is 11.6. The molecule has 0 radical (unpaired) electrons. The lowest BCUT2D eigenvalue weighted by molar-refractivity contribution is -0.127. The Labute approximate surface area is 128 Å². The van der Waals surface area contributed by atoms with Crippen molar-refractivity contribution in [2.45, 2.75) is 25.8 Å². The van der Waals surface area contributed by atoms with E-state index >= 15 is 0 Å². The van der Waals surface area contributed by atoms with Gasteiger partial charge in [-0.15, -0.1) is 0 Å². The van der Waals surface area contributed by atoms with Gasteiger partial charge in [0.1, 0.15) is 0 Å². The Balaban J connectivity index is 1.69. The first-order valence-corrected chi connectivity index (χ1v) is 7.65. The molecule has 1 aliphatic rings. The van der Waals surface area contributed by atoms with Gasteiger partial charge in [0.05, 0.1) is 0 Å². The molecule has 2 aromatic rings. The highest BCUT2D eigenvalue weighted by atomic mass is 32.1. The van der Waals surface area contributed by atoms with E-state index < -0.39 is 0 Å². The van der Waals surface area contributed by atoms with E-state index in [1.807, 2.05) is 39.8 Å². The van der Waals surface area contributed by atoms with Crippen LogP contribution in [0.5, 0.6) is 0 Å². The van der Waals surface area contributed by atoms with Crippen molar-refractivity contribution in [3.05, 3.63) is 35.1 Å². The van der Waals surface area contributed by atoms with Crippen LogP contribution < -0.4 is 0 Å². The summed E-state index contributed by atoms with van der Waals surface area (Å²) >= 11 is 5.31. The van der Waals surface area contributed by atoms with Crippen molar-refractivity contribution in [3.63, 3.8) is 0 Å². The largest absolute Gasteiger partial charge is 0.343 e. The lowest BCUT2D eigenvalue weighted by Gasteiger charge is -2.15. The molecule has 1 aromatic heterocycles. The number of amides is 1. The number of nitrogens with one attached hydrogen (secondary N) is 1. The molecule has 0 spiro atoms. The van der Waals surface area contributed by atoms with Crippen molar-refractivity contribution in [1.29, 1.82) is 0 Å². The van der Waals surface area contributed by atoms with Crippen LogP contribution in [-0.4, -0.2) is 38.7 Å². The van der Waals surface area contributed by atoms with Crippen LogP contribution in [0.15, 0.2) is 30.3 Å². The molecule has 110 valence electrons. The molecular formula is C15H18N4OS. The van der Waals surface area contributed by atoms with E-state index in [2.05, 4.69) is 10.2 Å². The van der Waals surface area contributed by atoms with Crippen LogP contribution in [0.25, 0.3) is 11.4 Å². The molecule has 0 aliphatic carbocycles. The van der Waals surface area contributed by atoms with Crippen molar-refractivity contribution in [1.82, 2.24) is 19.7 Å². The van der Waals surface area contributed by atoms with Crippen LogP contribution >= 0.6 is 12.2 Å². The van der Waals surface area contributed by atoms with E-state index in [4.69, 9.17) is 12.2 Å². The van der Waals surface area contributed by atoms with Gasteiger partial charge < -0.3 is 9.47 Å². The molecule has 1 amide bonds. The summed E-state index contributed by atoms with van der Waals surface area (Å²) in [6.07, 6.45) is 2.57. The Morgan fingerprint density at radius 2 is 2.05 bits per heavy atom. The number of likely N-dealkylation sites (tertiary alicyclic amines) is 1. The molecule has 1 saturated heterocycles. The van der Waals surface area contributed by atoms with Crippen LogP contribution in [0.3, 0.4) is 0 Å². The Morgan fingerprint density at radius 3 is 2.76 bits per heavy atom. The van der Waals surface area contributed by atoms with Gasteiger partial charge in [0.2, 0.25) is 5.91 Å². The Kier molecular flexibility index (Phi) is 4.15. The number of H-pyrrole nitrogens is 1. The van der Waals surface area contributed by atoms with Gasteiger partial charge in [-0.25, -0.2) is 0 Å². The zero-order valence-corrected chi connectivity index (χ0v) is 12.6. The van der Waals surface area contributed by atoms with Gasteiger partial charge in [0, 0.05) is 31.6 Å². The van der Waals surface area contributed by atoms with E-state index in [1.54, 1.807) is 0 Å². The second kappa shape index (κ2) is 6.22. The Morgan fingerprint density at radius 1 is 1.24 bits per heavy atom. The standard InChI is InChI=1S/C15H18N4OS/c20-13-8-4-9-18(13)10-5-11-19-14(16-17-15(19)21)12-6-2-1-3-7-12/h1-3,6-7H,4-5,8-11H2,(H,17,21). The Bertz CT molecular complexity index is 676. The molecule has 1 N–H and O–H groups in total.